The lowest BCUT2D eigenvalue weighted by atomic mass is 10.2. The van der Waals surface area contributed by atoms with E-state index in [9.17, 15) is 13.2 Å². The maximum absolute atomic E-state index is 13.0. The zero-order chi connectivity index (χ0) is 17.7. The van der Waals surface area contributed by atoms with Crippen molar-refractivity contribution in [3.63, 3.8) is 0 Å². The summed E-state index contributed by atoms with van der Waals surface area (Å²) in [5.41, 5.74) is 1.29. The Morgan fingerprint density at radius 2 is 1.83 bits per heavy atom. The van der Waals surface area contributed by atoms with Crippen molar-refractivity contribution in [3.05, 3.63) is 59.1 Å². The number of anilines is 1. The third-order valence-corrected chi connectivity index (χ3v) is 5.39. The van der Waals surface area contributed by atoms with Crippen LogP contribution < -0.4 is 9.62 Å². The third-order valence-electron chi connectivity index (χ3n) is 3.37. The number of carbonyl (C=O) groups is 1. The first-order chi connectivity index (χ1) is 11.3. The van der Waals surface area contributed by atoms with E-state index < -0.39 is 10.0 Å². The summed E-state index contributed by atoms with van der Waals surface area (Å²) in [7, 11) is -3.89. The second kappa shape index (κ2) is 7.68. The van der Waals surface area contributed by atoms with E-state index in [0.717, 1.165) is 9.87 Å². The summed E-state index contributed by atoms with van der Waals surface area (Å²) in [6, 6.07) is 12.9. The van der Waals surface area contributed by atoms with Crippen LogP contribution in [0.1, 0.15) is 12.5 Å². The molecule has 5 nitrogen and oxygen atoms in total. The number of halogens is 1. The number of aryl methyl sites for hydroxylation is 1. The van der Waals surface area contributed by atoms with Gasteiger partial charge in [0.25, 0.3) is 10.0 Å². The van der Waals surface area contributed by atoms with Gasteiger partial charge in [0.1, 0.15) is 6.54 Å². The summed E-state index contributed by atoms with van der Waals surface area (Å²) in [6.45, 7) is 3.76. The molecule has 0 aliphatic rings. The van der Waals surface area contributed by atoms with E-state index in [0.29, 0.717) is 17.3 Å². The molecule has 0 bridgehead atoms. The molecular weight excluding hydrogens is 348 g/mol. The van der Waals surface area contributed by atoms with Gasteiger partial charge in [0.05, 0.1) is 10.6 Å². The van der Waals surface area contributed by atoms with Gasteiger partial charge < -0.3 is 5.32 Å². The van der Waals surface area contributed by atoms with Gasteiger partial charge in [-0.05, 0) is 44.2 Å². The molecule has 2 aromatic carbocycles. The summed E-state index contributed by atoms with van der Waals surface area (Å²) in [5, 5.41) is 3.01. The summed E-state index contributed by atoms with van der Waals surface area (Å²) >= 11 is 5.98. The molecule has 0 spiro atoms. The number of likely N-dealkylation sites (N-methyl/N-ethyl adjacent to an activating group) is 1. The highest BCUT2D eigenvalue weighted by Crippen LogP contribution is 2.26. The largest absolute Gasteiger partial charge is 0.355 e. The van der Waals surface area contributed by atoms with Crippen LogP contribution in [0.2, 0.25) is 5.02 Å². The Hall–Kier alpha value is -2.05. The van der Waals surface area contributed by atoms with Gasteiger partial charge in [0, 0.05) is 11.6 Å². The van der Waals surface area contributed by atoms with Gasteiger partial charge in [-0.3, -0.25) is 9.10 Å². The first-order valence-electron chi connectivity index (χ1n) is 7.46. The molecule has 0 fully saturated rings. The Bertz CT molecular complexity index is 820. The highest BCUT2D eigenvalue weighted by Gasteiger charge is 2.27. The molecule has 1 N–H and O–H groups in total. The molecule has 0 saturated heterocycles. The Labute approximate surface area is 147 Å². The molecule has 1 amide bonds. The van der Waals surface area contributed by atoms with Crippen molar-refractivity contribution < 1.29 is 13.2 Å². The Kier molecular flexibility index (Phi) is 5.85. The fourth-order valence-electron chi connectivity index (χ4n) is 2.17. The monoisotopic (exact) mass is 366 g/mol. The first-order valence-corrected chi connectivity index (χ1v) is 9.28. The second-order valence-corrected chi connectivity index (χ2v) is 7.56. The molecule has 0 heterocycles. The number of benzene rings is 2. The van der Waals surface area contributed by atoms with Crippen LogP contribution in [-0.2, 0) is 14.8 Å². The van der Waals surface area contributed by atoms with Crippen molar-refractivity contribution in [2.45, 2.75) is 18.7 Å². The number of hydrogen-bond donors (Lipinski definition) is 1. The zero-order valence-electron chi connectivity index (χ0n) is 13.5. The fourth-order valence-corrected chi connectivity index (χ4v) is 3.76. The number of rotatable bonds is 6. The number of nitrogens with zero attached hydrogens (tertiary/aromatic N) is 1. The Balaban J connectivity index is 2.48. The van der Waals surface area contributed by atoms with Gasteiger partial charge in [-0.2, -0.15) is 0 Å². The standard InChI is InChI=1S/C17H19ClN2O3S/c1-3-19-17(21)12-20(15-6-4-5-14(18)11-15)24(22,23)16-9-7-13(2)8-10-16/h4-11H,3,12H2,1-2H3,(H,19,21). The number of carbonyl (C=O) groups excluding carboxylic acids is 1. The van der Waals surface area contributed by atoms with Crippen LogP contribution >= 0.6 is 11.6 Å². The quantitative estimate of drug-likeness (QED) is 0.854. The van der Waals surface area contributed by atoms with Gasteiger partial charge >= 0.3 is 0 Å². The molecule has 128 valence electrons. The smallest absolute Gasteiger partial charge is 0.264 e. The summed E-state index contributed by atoms with van der Waals surface area (Å²) < 4.78 is 27.1. The Morgan fingerprint density at radius 3 is 2.42 bits per heavy atom. The normalized spacial score (nSPS) is 11.1. The molecule has 0 unspecified atom stereocenters. The highest BCUT2D eigenvalue weighted by molar-refractivity contribution is 7.92. The molecule has 24 heavy (non-hydrogen) atoms. The molecule has 0 aromatic heterocycles. The summed E-state index contributed by atoms with van der Waals surface area (Å²) in [4.78, 5) is 12.1. The average molecular weight is 367 g/mol. The van der Waals surface area contributed by atoms with Crippen LogP contribution in [-0.4, -0.2) is 27.4 Å². The van der Waals surface area contributed by atoms with Gasteiger partial charge in [-0.1, -0.05) is 35.4 Å². The van der Waals surface area contributed by atoms with Crippen LogP contribution in [0.25, 0.3) is 0 Å². The van der Waals surface area contributed by atoms with Crippen LogP contribution in [0, 0.1) is 6.92 Å². The fraction of sp³-hybridized carbons (Fsp3) is 0.235. The van der Waals surface area contributed by atoms with Crippen molar-refractivity contribution >= 4 is 33.2 Å². The lowest BCUT2D eigenvalue weighted by molar-refractivity contribution is -0.119. The first kappa shape index (κ1) is 18.3. The predicted octanol–water partition coefficient (Wildman–Crippen LogP) is 2.98. The van der Waals surface area contributed by atoms with Gasteiger partial charge in [-0.15, -0.1) is 0 Å². The van der Waals surface area contributed by atoms with Gasteiger partial charge in [-0.25, -0.2) is 8.42 Å². The molecule has 0 aliphatic heterocycles. The minimum atomic E-state index is -3.89. The zero-order valence-corrected chi connectivity index (χ0v) is 15.1. The van der Waals surface area contributed by atoms with Crippen LogP contribution in [0.5, 0.6) is 0 Å². The van der Waals surface area contributed by atoms with E-state index in [-0.39, 0.29) is 17.3 Å². The molecule has 0 atom stereocenters. The van der Waals surface area contributed by atoms with Crippen molar-refractivity contribution in [1.29, 1.82) is 0 Å². The topological polar surface area (TPSA) is 66.5 Å². The van der Waals surface area contributed by atoms with Crippen molar-refractivity contribution in [3.8, 4) is 0 Å². The molecule has 7 heteroatoms. The molecule has 2 aromatic rings. The second-order valence-electron chi connectivity index (χ2n) is 5.26. The van der Waals surface area contributed by atoms with E-state index in [1.165, 1.54) is 18.2 Å². The molecule has 0 saturated carbocycles. The van der Waals surface area contributed by atoms with E-state index >= 15 is 0 Å². The SMILES string of the molecule is CCNC(=O)CN(c1cccc(Cl)c1)S(=O)(=O)c1ccc(C)cc1. The van der Waals surface area contributed by atoms with E-state index in [1.54, 1.807) is 37.3 Å². The molecule has 2 rings (SSSR count). The van der Waals surface area contributed by atoms with E-state index in [1.807, 2.05) is 6.92 Å². The van der Waals surface area contributed by atoms with Crippen molar-refractivity contribution in [2.75, 3.05) is 17.4 Å². The van der Waals surface area contributed by atoms with Crippen LogP contribution in [0.4, 0.5) is 5.69 Å². The average Bonchev–Trinajstić information content (AvgIpc) is 2.53. The van der Waals surface area contributed by atoms with Crippen LogP contribution in [0.3, 0.4) is 0 Å². The number of sulfonamides is 1. The molecular formula is C17H19ClN2O3S. The number of hydrogen-bond acceptors (Lipinski definition) is 3. The van der Waals surface area contributed by atoms with Crippen molar-refractivity contribution in [2.24, 2.45) is 0 Å². The Morgan fingerprint density at radius 1 is 1.17 bits per heavy atom. The van der Waals surface area contributed by atoms with Gasteiger partial charge in [0.15, 0.2) is 0 Å². The van der Waals surface area contributed by atoms with E-state index in [4.69, 9.17) is 11.6 Å². The molecule has 0 aliphatic carbocycles. The number of amides is 1. The minimum Gasteiger partial charge on any atom is -0.355 e. The highest BCUT2D eigenvalue weighted by atomic mass is 35.5. The maximum atomic E-state index is 13.0. The van der Waals surface area contributed by atoms with Crippen LogP contribution in [0.15, 0.2) is 53.4 Å². The lowest BCUT2D eigenvalue weighted by Crippen LogP contribution is -2.40. The summed E-state index contributed by atoms with van der Waals surface area (Å²) in [5.74, 6) is -0.381. The summed E-state index contributed by atoms with van der Waals surface area (Å²) in [6.07, 6.45) is 0. The molecule has 0 radical (unpaired) electrons. The minimum absolute atomic E-state index is 0.123. The van der Waals surface area contributed by atoms with E-state index in [2.05, 4.69) is 5.32 Å². The third kappa shape index (κ3) is 4.27. The lowest BCUT2D eigenvalue weighted by Gasteiger charge is -2.24. The van der Waals surface area contributed by atoms with Crippen molar-refractivity contribution in [1.82, 2.24) is 5.32 Å². The number of nitrogens with one attached hydrogen (secondary N) is 1. The van der Waals surface area contributed by atoms with Gasteiger partial charge in [0.2, 0.25) is 5.91 Å². The maximum Gasteiger partial charge on any atom is 0.264 e. The predicted molar refractivity (Wildman–Crippen MR) is 95.8 cm³/mol.